The van der Waals surface area contributed by atoms with Gasteiger partial charge in [-0.25, -0.2) is 9.59 Å². The first-order valence-corrected chi connectivity index (χ1v) is 7.57. The number of carboxylic acid groups (broad SMARTS) is 1. The number of nitrogens with zero attached hydrogens (tertiary/aromatic N) is 1. The number of anilines is 1. The highest BCUT2D eigenvalue weighted by molar-refractivity contribution is 6.34. The third kappa shape index (κ3) is 3.73. The van der Waals surface area contributed by atoms with Gasteiger partial charge in [-0.05, 0) is 24.1 Å². The second-order valence-electron chi connectivity index (χ2n) is 5.58. The highest BCUT2D eigenvalue weighted by Gasteiger charge is 2.26. The first-order valence-electron chi connectivity index (χ1n) is 7.20. The van der Waals surface area contributed by atoms with E-state index in [0.29, 0.717) is 23.8 Å². The molecule has 1 aromatic carbocycles. The maximum absolute atomic E-state index is 12.3. The molecule has 1 heterocycles. The van der Waals surface area contributed by atoms with Crippen LogP contribution >= 0.6 is 11.6 Å². The molecule has 0 radical (unpaired) electrons. The van der Waals surface area contributed by atoms with E-state index >= 15 is 0 Å². The summed E-state index contributed by atoms with van der Waals surface area (Å²) in [7, 11) is 0. The largest absolute Gasteiger partial charge is 0.480 e. The Kier molecular flexibility index (Phi) is 5.10. The highest BCUT2D eigenvalue weighted by atomic mass is 35.5. The lowest BCUT2D eigenvalue weighted by atomic mass is 10.0. The van der Waals surface area contributed by atoms with E-state index < -0.39 is 17.9 Å². The van der Waals surface area contributed by atoms with Gasteiger partial charge in [-0.1, -0.05) is 25.4 Å². The lowest BCUT2D eigenvalue weighted by Gasteiger charge is -2.20. The number of rotatable bonds is 5. The molecule has 1 atom stereocenters. The van der Waals surface area contributed by atoms with E-state index in [9.17, 15) is 14.4 Å². The first kappa shape index (κ1) is 17.1. The molecule has 23 heavy (non-hydrogen) atoms. The SMILES string of the molecule is CC(C)[C@H](NC(=O)c1ccc(Cl)c(N2CCNC2=O)c1)C(=O)O. The Bertz CT molecular complexity index is 648. The van der Waals surface area contributed by atoms with E-state index in [4.69, 9.17) is 16.7 Å². The quantitative estimate of drug-likeness (QED) is 0.760. The molecule has 0 saturated carbocycles. The van der Waals surface area contributed by atoms with Gasteiger partial charge in [0.1, 0.15) is 6.04 Å². The molecule has 7 nitrogen and oxygen atoms in total. The van der Waals surface area contributed by atoms with E-state index in [1.807, 2.05) is 0 Å². The number of hydrogen-bond acceptors (Lipinski definition) is 3. The van der Waals surface area contributed by atoms with Crippen LogP contribution in [0.2, 0.25) is 5.02 Å². The van der Waals surface area contributed by atoms with E-state index in [1.165, 1.54) is 23.1 Å². The van der Waals surface area contributed by atoms with Gasteiger partial charge in [0.2, 0.25) is 0 Å². The summed E-state index contributed by atoms with van der Waals surface area (Å²) in [4.78, 5) is 36.7. The fourth-order valence-electron chi connectivity index (χ4n) is 2.30. The van der Waals surface area contributed by atoms with Crippen molar-refractivity contribution in [3.05, 3.63) is 28.8 Å². The number of carbonyl (C=O) groups excluding carboxylic acids is 2. The maximum atomic E-state index is 12.3. The molecule has 3 amide bonds. The highest BCUT2D eigenvalue weighted by Crippen LogP contribution is 2.28. The van der Waals surface area contributed by atoms with Crippen LogP contribution in [0.15, 0.2) is 18.2 Å². The van der Waals surface area contributed by atoms with E-state index in [1.54, 1.807) is 13.8 Å². The Morgan fingerprint density at radius 1 is 1.39 bits per heavy atom. The van der Waals surface area contributed by atoms with Crippen LogP contribution < -0.4 is 15.5 Å². The van der Waals surface area contributed by atoms with Gasteiger partial charge in [0, 0.05) is 18.7 Å². The number of carboxylic acids is 1. The van der Waals surface area contributed by atoms with Gasteiger partial charge in [0.05, 0.1) is 10.7 Å². The molecular weight excluding hydrogens is 322 g/mol. The summed E-state index contributed by atoms with van der Waals surface area (Å²) in [5.41, 5.74) is 0.668. The Labute approximate surface area is 138 Å². The summed E-state index contributed by atoms with van der Waals surface area (Å²) in [6.07, 6.45) is 0. The van der Waals surface area contributed by atoms with Crippen molar-refractivity contribution in [3.8, 4) is 0 Å². The minimum Gasteiger partial charge on any atom is -0.480 e. The molecule has 1 saturated heterocycles. The zero-order chi connectivity index (χ0) is 17.1. The lowest BCUT2D eigenvalue weighted by molar-refractivity contribution is -0.140. The summed E-state index contributed by atoms with van der Waals surface area (Å²) in [6.45, 7) is 4.37. The number of benzene rings is 1. The van der Waals surface area contributed by atoms with Gasteiger partial charge in [-0.2, -0.15) is 0 Å². The zero-order valence-electron chi connectivity index (χ0n) is 12.8. The van der Waals surface area contributed by atoms with Gasteiger partial charge in [-0.3, -0.25) is 9.69 Å². The van der Waals surface area contributed by atoms with Crippen LogP contribution in [0.25, 0.3) is 0 Å². The molecule has 1 aliphatic heterocycles. The Hall–Kier alpha value is -2.28. The minimum absolute atomic E-state index is 0.246. The normalized spacial score (nSPS) is 15.5. The van der Waals surface area contributed by atoms with Crippen LogP contribution in [0.4, 0.5) is 10.5 Å². The van der Waals surface area contributed by atoms with E-state index in [2.05, 4.69) is 10.6 Å². The summed E-state index contributed by atoms with van der Waals surface area (Å²) in [6, 6.07) is 3.23. The van der Waals surface area contributed by atoms with Gasteiger partial charge in [0.25, 0.3) is 5.91 Å². The average molecular weight is 340 g/mol. The molecule has 0 bridgehead atoms. The number of halogens is 1. The van der Waals surface area contributed by atoms with Crippen molar-refractivity contribution in [1.82, 2.24) is 10.6 Å². The molecule has 8 heteroatoms. The maximum Gasteiger partial charge on any atom is 0.326 e. The third-order valence-electron chi connectivity index (χ3n) is 3.58. The van der Waals surface area contributed by atoms with Crippen molar-refractivity contribution < 1.29 is 19.5 Å². The average Bonchev–Trinajstić information content (AvgIpc) is 2.90. The molecular formula is C15H18ClN3O4. The van der Waals surface area contributed by atoms with Gasteiger partial charge < -0.3 is 15.7 Å². The van der Waals surface area contributed by atoms with E-state index in [-0.39, 0.29) is 17.5 Å². The number of nitrogens with one attached hydrogen (secondary N) is 2. The van der Waals surface area contributed by atoms with Crippen molar-refractivity contribution in [2.24, 2.45) is 5.92 Å². The summed E-state index contributed by atoms with van der Waals surface area (Å²) in [5, 5.41) is 14.6. The second kappa shape index (κ2) is 6.87. The van der Waals surface area contributed by atoms with Crippen LogP contribution in [-0.2, 0) is 4.79 Å². The van der Waals surface area contributed by atoms with Crippen molar-refractivity contribution in [2.45, 2.75) is 19.9 Å². The van der Waals surface area contributed by atoms with Crippen molar-refractivity contribution >= 4 is 35.2 Å². The Morgan fingerprint density at radius 2 is 2.09 bits per heavy atom. The van der Waals surface area contributed by atoms with Crippen molar-refractivity contribution in [1.29, 1.82) is 0 Å². The molecule has 0 unspecified atom stereocenters. The summed E-state index contributed by atoms with van der Waals surface area (Å²) in [5.74, 6) is -1.88. The topological polar surface area (TPSA) is 98.7 Å². The summed E-state index contributed by atoms with van der Waals surface area (Å²) < 4.78 is 0. The molecule has 0 aliphatic carbocycles. The lowest BCUT2D eigenvalue weighted by Crippen LogP contribution is -2.44. The summed E-state index contributed by atoms with van der Waals surface area (Å²) >= 11 is 6.11. The minimum atomic E-state index is -1.10. The van der Waals surface area contributed by atoms with Crippen LogP contribution in [0, 0.1) is 5.92 Å². The monoisotopic (exact) mass is 339 g/mol. The molecule has 0 spiro atoms. The number of urea groups is 1. The number of hydrogen-bond donors (Lipinski definition) is 3. The number of carbonyl (C=O) groups is 3. The Morgan fingerprint density at radius 3 is 2.61 bits per heavy atom. The zero-order valence-corrected chi connectivity index (χ0v) is 13.6. The van der Waals surface area contributed by atoms with Crippen LogP contribution in [-0.4, -0.2) is 42.1 Å². The predicted octanol–water partition coefficient (Wildman–Crippen LogP) is 1.71. The molecule has 1 aliphatic rings. The van der Waals surface area contributed by atoms with Crippen molar-refractivity contribution in [2.75, 3.05) is 18.0 Å². The van der Waals surface area contributed by atoms with Crippen LogP contribution in [0.5, 0.6) is 0 Å². The number of amides is 3. The molecule has 2 rings (SSSR count). The molecule has 3 N–H and O–H groups in total. The second-order valence-corrected chi connectivity index (χ2v) is 5.99. The van der Waals surface area contributed by atoms with Gasteiger partial charge in [-0.15, -0.1) is 0 Å². The third-order valence-corrected chi connectivity index (χ3v) is 3.89. The number of aliphatic carboxylic acids is 1. The molecule has 0 aromatic heterocycles. The molecule has 124 valence electrons. The Balaban J connectivity index is 2.24. The smallest absolute Gasteiger partial charge is 0.326 e. The predicted molar refractivity (Wildman–Crippen MR) is 85.9 cm³/mol. The standard InChI is InChI=1S/C15H18ClN3O4/c1-8(2)12(14(21)22)18-13(20)9-3-4-10(16)11(7-9)19-6-5-17-15(19)23/h3-4,7-8,12H,5-6H2,1-2H3,(H,17,23)(H,18,20)(H,21,22)/t12-/m0/s1. The van der Waals surface area contributed by atoms with Crippen LogP contribution in [0.1, 0.15) is 24.2 Å². The van der Waals surface area contributed by atoms with E-state index in [0.717, 1.165) is 0 Å². The molecule has 1 aromatic rings. The van der Waals surface area contributed by atoms with Crippen molar-refractivity contribution in [3.63, 3.8) is 0 Å². The first-order chi connectivity index (χ1) is 10.8. The fourth-order valence-corrected chi connectivity index (χ4v) is 2.52. The molecule has 1 fully saturated rings. The van der Waals surface area contributed by atoms with Crippen LogP contribution in [0.3, 0.4) is 0 Å². The fraction of sp³-hybridized carbons (Fsp3) is 0.400. The van der Waals surface area contributed by atoms with Gasteiger partial charge in [0.15, 0.2) is 0 Å². The van der Waals surface area contributed by atoms with Gasteiger partial charge >= 0.3 is 12.0 Å².